The van der Waals surface area contributed by atoms with Gasteiger partial charge in [0.2, 0.25) is 6.79 Å². The number of fused-ring (bicyclic) bond motifs is 4. The van der Waals surface area contributed by atoms with Crippen LogP contribution in [0.15, 0.2) is 139 Å². The van der Waals surface area contributed by atoms with Gasteiger partial charge in [0.05, 0.1) is 5.41 Å². The van der Waals surface area contributed by atoms with Crippen LogP contribution in [0.5, 0.6) is 11.5 Å². The van der Waals surface area contributed by atoms with Crippen molar-refractivity contribution in [2.24, 2.45) is 0 Å². The van der Waals surface area contributed by atoms with E-state index in [1.54, 1.807) is 0 Å². The molecule has 6 aromatic rings. The second-order valence-electron chi connectivity index (χ2n) is 11.0. The molecule has 0 aromatic heterocycles. The Morgan fingerprint density at radius 2 is 1.00 bits per heavy atom. The van der Waals surface area contributed by atoms with E-state index in [2.05, 4.69) is 185 Å². The first-order chi connectivity index (χ1) is 21.4. The van der Waals surface area contributed by atoms with Crippen molar-refractivity contribution in [3.63, 3.8) is 0 Å². The van der Waals surface area contributed by atoms with Crippen molar-refractivity contribution < 1.29 is 9.47 Å². The minimum Gasteiger partial charge on any atom is -0.454 e. The maximum Gasteiger partial charge on any atom is 0.231 e. The molecule has 0 radical (unpaired) electrons. The van der Waals surface area contributed by atoms with Crippen LogP contribution in [0.4, 0.5) is 0 Å². The minimum atomic E-state index is -0.665. The predicted octanol–water partition coefficient (Wildman–Crippen LogP) is 12.2. The minimum absolute atomic E-state index is 0.210. The molecule has 0 saturated heterocycles. The molecule has 8 rings (SSSR count). The monoisotopic (exact) mass is 826 g/mol. The zero-order valence-electron chi connectivity index (χ0n) is 23.1. The van der Waals surface area contributed by atoms with Crippen molar-refractivity contribution in [1.82, 2.24) is 0 Å². The van der Waals surface area contributed by atoms with Gasteiger partial charge in [0.1, 0.15) is 0 Å². The Morgan fingerprint density at radius 1 is 0.455 bits per heavy atom. The molecule has 0 atom stereocenters. The smallest absolute Gasteiger partial charge is 0.231 e. The van der Waals surface area contributed by atoms with Crippen LogP contribution in [0.2, 0.25) is 0 Å². The molecule has 0 saturated carbocycles. The van der Waals surface area contributed by atoms with Gasteiger partial charge in [0.15, 0.2) is 11.5 Å². The molecule has 1 heterocycles. The van der Waals surface area contributed by atoms with Crippen LogP contribution in [0.1, 0.15) is 22.3 Å². The summed E-state index contributed by atoms with van der Waals surface area (Å²) in [4.78, 5) is 0. The Kier molecular flexibility index (Phi) is 7.10. The summed E-state index contributed by atoms with van der Waals surface area (Å²) in [6.07, 6.45) is 0. The van der Waals surface area contributed by atoms with Gasteiger partial charge < -0.3 is 9.47 Å². The number of benzene rings is 6. The molecule has 6 aromatic carbocycles. The molecule has 1 aliphatic carbocycles. The van der Waals surface area contributed by atoms with Crippen molar-refractivity contribution in [2.45, 2.75) is 5.41 Å². The molecule has 1 aliphatic heterocycles. The molecule has 0 fully saturated rings. The fourth-order valence-electron chi connectivity index (χ4n) is 6.90. The molecule has 0 bridgehead atoms. The maximum absolute atomic E-state index is 6.02. The van der Waals surface area contributed by atoms with Crippen LogP contribution in [0.25, 0.3) is 33.4 Å². The summed E-state index contributed by atoms with van der Waals surface area (Å²) < 4.78 is 16.0. The fraction of sp³-hybridized carbons (Fsp3) is 0.0526. The third kappa shape index (κ3) is 4.45. The van der Waals surface area contributed by atoms with E-state index in [0.29, 0.717) is 0 Å². The number of hydrogen-bond acceptors (Lipinski definition) is 2. The van der Waals surface area contributed by atoms with Gasteiger partial charge in [-0.2, -0.15) is 0 Å². The highest BCUT2D eigenvalue weighted by molar-refractivity contribution is 9.11. The topological polar surface area (TPSA) is 18.5 Å². The summed E-state index contributed by atoms with van der Waals surface area (Å²) in [6, 6.07) is 43.5. The lowest BCUT2D eigenvalue weighted by Gasteiger charge is -2.34. The highest BCUT2D eigenvalue weighted by Crippen LogP contribution is 2.61. The van der Waals surface area contributed by atoms with Crippen LogP contribution in [0.3, 0.4) is 0 Å². The summed E-state index contributed by atoms with van der Waals surface area (Å²) in [7, 11) is 0. The largest absolute Gasteiger partial charge is 0.454 e. The lowest BCUT2D eigenvalue weighted by atomic mass is 9.67. The Balaban J connectivity index is 1.54. The van der Waals surface area contributed by atoms with Gasteiger partial charge in [-0.05, 0) is 104 Å². The Labute approximate surface area is 289 Å². The van der Waals surface area contributed by atoms with Gasteiger partial charge in [-0.15, -0.1) is 0 Å². The normalized spacial score (nSPS) is 13.9. The Bertz CT molecular complexity index is 2010. The molecular formula is C38H22Br4O2. The van der Waals surface area contributed by atoms with E-state index >= 15 is 0 Å². The van der Waals surface area contributed by atoms with E-state index < -0.39 is 5.41 Å². The van der Waals surface area contributed by atoms with E-state index in [1.807, 2.05) is 0 Å². The summed E-state index contributed by atoms with van der Waals surface area (Å²) in [5.74, 6) is 1.53. The van der Waals surface area contributed by atoms with Crippen LogP contribution in [-0.4, -0.2) is 6.79 Å². The third-order valence-electron chi connectivity index (χ3n) is 8.55. The highest BCUT2D eigenvalue weighted by Gasteiger charge is 2.48. The van der Waals surface area contributed by atoms with E-state index in [-0.39, 0.29) is 6.79 Å². The Morgan fingerprint density at radius 3 is 1.64 bits per heavy atom. The lowest BCUT2D eigenvalue weighted by Crippen LogP contribution is -2.29. The average molecular weight is 830 g/mol. The fourth-order valence-corrected chi connectivity index (χ4v) is 9.49. The average Bonchev–Trinajstić information content (AvgIpc) is 3.60. The Hall–Kier alpha value is -3.16. The van der Waals surface area contributed by atoms with E-state index in [4.69, 9.17) is 9.47 Å². The number of ether oxygens (including phenoxy) is 2. The molecule has 6 heteroatoms. The number of hydrogen-bond donors (Lipinski definition) is 0. The van der Waals surface area contributed by atoms with Crippen molar-refractivity contribution in [1.29, 1.82) is 0 Å². The molecule has 0 N–H and O–H groups in total. The zero-order chi connectivity index (χ0) is 30.0. The van der Waals surface area contributed by atoms with Gasteiger partial charge >= 0.3 is 0 Å². The molecule has 0 spiro atoms. The SMILES string of the molecule is Brc1cc(Br)cc(C2(c3cc(Br)cc(Br)c3)c3cc4c(cc3-c3c(-c5ccccc5-c5ccccc5)cccc32)OCO4)c1. The molecule has 0 amide bonds. The lowest BCUT2D eigenvalue weighted by molar-refractivity contribution is 0.174. The quantitative estimate of drug-likeness (QED) is 0.176. The second kappa shape index (κ2) is 11.0. The van der Waals surface area contributed by atoms with Crippen molar-refractivity contribution in [3.8, 4) is 44.9 Å². The molecular weight excluding hydrogens is 808 g/mol. The summed E-state index contributed by atoms with van der Waals surface area (Å²) in [5.41, 5.74) is 11.0. The molecule has 214 valence electrons. The first-order valence-corrected chi connectivity index (χ1v) is 17.3. The third-order valence-corrected chi connectivity index (χ3v) is 10.4. The van der Waals surface area contributed by atoms with Gasteiger partial charge in [0, 0.05) is 17.9 Å². The van der Waals surface area contributed by atoms with Crippen molar-refractivity contribution in [2.75, 3.05) is 6.79 Å². The van der Waals surface area contributed by atoms with Gasteiger partial charge in [-0.25, -0.2) is 0 Å². The number of rotatable bonds is 4. The maximum atomic E-state index is 6.02. The highest BCUT2D eigenvalue weighted by atomic mass is 79.9. The summed E-state index contributed by atoms with van der Waals surface area (Å²) in [5, 5.41) is 0. The van der Waals surface area contributed by atoms with Crippen LogP contribution in [0, 0.1) is 0 Å². The first kappa shape index (κ1) is 28.3. The van der Waals surface area contributed by atoms with Gasteiger partial charge in [-0.1, -0.05) is 137 Å². The summed E-state index contributed by atoms with van der Waals surface area (Å²) in [6.45, 7) is 0.210. The molecule has 0 unspecified atom stereocenters. The zero-order valence-corrected chi connectivity index (χ0v) is 29.4. The number of halogens is 4. The van der Waals surface area contributed by atoms with E-state index in [0.717, 1.165) is 51.6 Å². The van der Waals surface area contributed by atoms with Gasteiger partial charge in [0.25, 0.3) is 0 Å². The van der Waals surface area contributed by atoms with Crippen LogP contribution < -0.4 is 9.47 Å². The van der Waals surface area contributed by atoms with Crippen molar-refractivity contribution in [3.05, 3.63) is 161 Å². The standard InChI is InChI=1S/C38H22Br4O2/c39-25-13-23(14-26(40)17-25)38(24-15-27(41)18-28(42)16-24)33-12-6-11-31(30-10-5-4-9-29(30)22-7-2-1-3-8-22)37(33)32-19-35-36(20-34(32)38)44-21-43-35/h1-20H,21H2. The van der Waals surface area contributed by atoms with Gasteiger partial charge in [-0.3, -0.25) is 0 Å². The van der Waals surface area contributed by atoms with Crippen LogP contribution >= 0.6 is 63.7 Å². The second-order valence-corrected chi connectivity index (χ2v) is 14.6. The molecule has 44 heavy (non-hydrogen) atoms. The first-order valence-electron chi connectivity index (χ1n) is 14.1. The van der Waals surface area contributed by atoms with Crippen LogP contribution in [-0.2, 0) is 5.41 Å². The molecule has 2 aliphatic rings. The van der Waals surface area contributed by atoms with E-state index in [1.165, 1.54) is 33.4 Å². The summed E-state index contributed by atoms with van der Waals surface area (Å²) >= 11 is 15.2. The van der Waals surface area contributed by atoms with Crippen molar-refractivity contribution >= 4 is 63.7 Å². The molecule has 2 nitrogen and oxygen atoms in total. The predicted molar refractivity (Wildman–Crippen MR) is 192 cm³/mol. The van der Waals surface area contributed by atoms with E-state index in [9.17, 15) is 0 Å².